The minimum Gasteiger partial charge on any atom is -0.387 e. The van der Waals surface area contributed by atoms with E-state index in [0.29, 0.717) is 11.5 Å². The molecule has 0 bridgehead atoms. The van der Waals surface area contributed by atoms with Crippen LogP contribution in [0.25, 0.3) is 0 Å². The monoisotopic (exact) mass is 290 g/mol. The third-order valence-corrected chi connectivity index (χ3v) is 3.20. The second-order valence-corrected chi connectivity index (χ2v) is 4.69. The highest BCUT2D eigenvalue weighted by Gasteiger charge is 2.10. The van der Waals surface area contributed by atoms with Gasteiger partial charge >= 0.3 is 0 Å². The van der Waals surface area contributed by atoms with Crippen LogP contribution in [-0.4, -0.2) is 26.8 Å². The number of hydrogen-bond donors (Lipinski definition) is 2. The smallest absolute Gasteiger partial charge is 0.243 e. The van der Waals surface area contributed by atoms with Crippen molar-refractivity contribution in [3.8, 4) is 0 Å². The summed E-state index contributed by atoms with van der Waals surface area (Å²) in [4.78, 5) is 4.38. The SMILES string of the molecule is CCc1nnc(NCC(O)c2cccc(F)c2)nc1CC. The number of hydrogen-bond acceptors (Lipinski definition) is 5. The van der Waals surface area contributed by atoms with Crippen molar-refractivity contribution in [3.63, 3.8) is 0 Å². The Hall–Kier alpha value is -2.08. The summed E-state index contributed by atoms with van der Waals surface area (Å²) in [5, 5.41) is 21.1. The summed E-state index contributed by atoms with van der Waals surface area (Å²) in [5.74, 6) is 0.00420. The Labute approximate surface area is 123 Å². The molecule has 0 aliphatic rings. The molecule has 0 aliphatic carbocycles. The highest BCUT2D eigenvalue weighted by atomic mass is 19.1. The van der Waals surface area contributed by atoms with Crippen LogP contribution in [0.15, 0.2) is 24.3 Å². The van der Waals surface area contributed by atoms with Crippen molar-refractivity contribution in [2.45, 2.75) is 32.8 Å². The molecule has 0 radical (unpaired) electrons. The Morgan fingerprint density at radius 2 is 1.95 bits per heavy atom. The van der Waals surface area contributed by atoms with Gasteiger partial charge in [-0.1, -0.05) is 26.0 Å². The summed E-state index contributed by atoms with van der Waals surface area (Å²) < 4.78 is 13.1. The van der Waals surface area contributed by atoms with Crippen LogP contribution in [-0.2, 0) is 12.8 Å². The number of nitrogens with one attached hydrogen (secondary N) is 1. The molecule has 1 unspecified atom stereocenters. The van der Waals surface area contributed by atoms with Gasteiger partial charge in [-0.2, -0.15) is 5.10 Å². The third kappa shape index (κ3) is 3.95. The van der Waals surface area contributed by atoms with Crippen molar-refractivity contribution < 1.29 is 9.50 Å². The van der Waals surface area contributed by atoms with Gasteiger partial charge in [-0.25, -0.2) is 9.37 Å². The van der Waals surface area contributed by atoms with Crippen LogP contribution in [0.4, 0.5) is 10.3 Å². The van der Waals surface area contributed by atoms with Gasteiger partial charge in [-0.15, -0.1) is 5.10 Å². The third-order valence-electron chi connectivity index (χ3n) is 3.20. The van der Waals surface area contributed by atoms with Crippen LogP contribution in [0.3, 0.4) is 0 Å². The van der Waals surface area contributed by atoms with E-state index in [0.717, 1.165) is 24.2 Å². The summed E-state index contributed by atoms with van der Waals surface area (Å²) in [6, 6.07) is 5.89. The lowest BCUT2D eigenvalue weighted by atomic mass is 10.1. The quantitative estimate of drug-likeness (QED) is 0.854. The summed E-state index contributed by atoms with van der Waals surface area (Å²) in [5.41, 5.74) is 2.29. The number of aliphatic hydroxyl groups is 1. The van der Waals surface area contributed by atoms with Crippen LogP contribution in [0.1, 0.15) is 36.9 Å². The molecular weight excluding hydrogens is 271 g/mol. The Kier molecular flexibility index (Phi) is 5.16. The summed E-state index contributed by atoms with van der Waals surface area (Å²) in [6.45, 7) is 4.21. The van der Waals surface area contributed by atoms with E-state index in [-0.39, 0.29) is 12.4 Å². The first-order valence-electron chi connectivity index (χ1n) is 7.03. The second kappa shape index (κ2) is 7.08. The van der Waals surface area contributed by atoms with Crippen LogP contribution in [0.5, 0.6) is 0 Å². The second-order valence-electron chi connectivity index (χ2n) is 4.69. The summed E-state index contributed by atoms with van der Waals surface area (Å²) >= 11 is 0. The lowest BCUT2D eigenvalue weighted by Crippen LogP contribution is -2.16. The van der Waals surface area contributed by atoms with Gasteiger partial charge in [0, 0.05) is 6.54 Å². The van der Waals surface area contributed by atoms with Gasteiger partial charge in [0.25, 0.3) is 0 Å². The molecule has 0 aliphatic heterocycles. The zero-order valence-corrected chi connectivity index (χ0v) is 12.2. The molecule has 2 aromatic rings. The van der Waals surface area contributed by atoms with Crippen LogP contribution < -0.4 is 5.32 Å². The predicted octanol–water partition coefficient (Wildman–Crippen LogP) is 2.28. The molecule has 0 saturated carbocycles. The molecule has 0 spiro atoms. The fourth-order valence-corrected chi connectivity index (χ4v) is 2.03. The van der Waals surface area contributed by atoms with Crippen LogP contribution in [0.2, 0.25) is 0 Å². The number of nitrogens with zero attached hydrogens (tertiary/aromatic N) is 3. The fraction of sp³-hybridized carbons (Fsp3) is 0.400. The Bertz CT molecular complexity index is 606. The highest BCUT2D eigenvalue weighted by molar-refractivity contribution is 5.27. The normalized spacial score (nSPS) is 12.2. The van der Waals surface area contributed by atoms with Gasteiger partial charge in [0.15, 0.2) is 0 Å². The number of benzene rings is 1. The molecule has 1 heterocycles. The van der Waals surface area contributed by atoms with Gasteiger partial charge in [-0.05, 0) is 30.5 Å². The summed E-state index contributed by atoms with van der Waals surface area (Å²) in [6.07, 6.45) is 0.732. The number of aliphatic hydroxyl groups excluding tert-OH is 1. The average molecular weight is 290 g/mol. The molecule has 6 heteroatoms. The van der Waals surface area contributed by atoms with E-state index in [4.69, 9.17) is 0 Å². The molecule has 2 N–H and O–H groups in total. The standard InChI is InChI=1S/C15H19FN4O/c1-3-12-13(4-2)19-20-15(18-12)17-9-14(21)10-6-5-7-11(16)8-10/h5-8,14,21H,3-4,9H2,1-2H3,(H,17,18,20). The maximum Gasteiger partial charge on any atom is 0.243 e. The minimum absolute atomic E-state index is 0.194. The van der Waals surface area contributed by atoms with E-state index in [1.54, 1.807) is 12.1 Å². The summed E-state index contributed by atoms with van der Waals surface area (Å²) in [7, 11) is 0. The van der Waals surface area contributed by atoms with Crippen molar-refractivity contribution in [3.05, 3.63) is 47.0 Å². The minimum atomic E-state index is -0.833. The van der Waals surface area contributed by atoms with Gasteiger partial charge in [-0.3, -0.25) is 0 Å². The number of halogens is 1. The molecule has 112 valence electrons. The number of aryl methyl sites for hydroxylation is 2. The molecule has 21 heavy (non-hydrogen) atoms. The van der Waals surface area contributed by atoms with Gasteiger partial charge in [0.2, 0.25) is 5.95 Å². The fourth-order valence-electron chi connectivity index (χ4n) is 2.03. The molecule has 0 fully saturated rings. The van der Waals surface area contributed by atoms with Crippen molar-refractivity contribution in [2.24, 2.45) is 0 Å². The maximum absolute atomic E-state index is 13.1. The van der Waals surface area contributed by atoms with E-state index in [2.05, 4.69) is 20.5 Å². The van der Waals surface area contributed by atoms with E-state index in [9.17, 15) is 9.50 Å². The molecule has 1 aromatic carbocycles. The maximum atomic E-state index is 13.1. The van der Waals surface area contributed by atoms with E-state index in [1.165, 1.54) is 12.1 Å². The van der Waals surface area contributed by atoms with E-state index in [1.807, 2.05) is 13.8 Å². The van der Waals surface area contributed by atoms with Crippen LogP contribution >= 0.6 is 0 Å². The largest absolute Gasteiger partial charge is 0.387 e. The van der Waals surface area contributed by atoms with Crippen LogP contribution in [0, 0.1) is 5.82 Å². The first-order valence-corrected chi connectivity index (χ1v) is 7.03. The topological polar surface area (TPSA) is 70.9 Å². The van der Waals surface area contributed by atoms with Crippen molar-refractivity contribution >= 4 is 5.95 Å². The van der Waals surface area contributed by atoms with Crippen molar-refractivity contribution in [1.82, 2.24) is 15.2 Å². The Morgan fingerprint density at radius 1 is 1.19 bits per heavy atom. The van der Waals surface area contributed by atoms with E-state index >= 15 is 0 Å². The Morgan fingerprint density at radius 3 is 2.62 bits per heavy atom. The molecule has 2 rings (SSSR count). The zero-order valence-electron chi connectivity index (χ0n) is 12.2. The van der Waals surface area contributed by atoms with E-state index < -0.39 is 6.10 Å². The molecule has 0 amide bonds. The molecule has 1 atom stereocenters. The molecule has 1 aromatic heterocycles. The molecule has 0 saturated heterocycles. The number of aromatic nitrogens is 3. The predicted molar refractivity (Wildman–Crippen MR) is 78.4 cm³/mol. The first-order chi connectivity index (χ1) is 10.1. The number of rotatable bonds is 6. The molecule has 5 nitrogen and oxygen atoms in total. The van der Waals surface area contributed by atoms with Gasteiger partial charge in [0.05, 0.1) is 17.5 Å². The Balaban J connectivity index is 2.02. The molecular formula is C15H19FN4O. The van der Waals surface area contributed by atoms with Gasteiger partial charge < -0.3 is 10.4 Å². The highest BCUT2D eigenvalue weighted by Crippen LogP contribution is 2.14. The van der Waals surface area contributed by atoms with Crippen molar-refractivity contribution in [1.29, 1.82) is 0 Å². The first kappa shape index (κ1) is 15.3. The average Bonchev–Trinajstić information content (AvgIpc) is 2.52. The lowest BCUT2D eigenvalue weighted by Gasteiger charge is -2.13. The number of anilines is 1. The zero-order chi connectivity index (χ0) is 15.2. The lowest BCUT2D eigenvalue weighted by molar-refractivity contribution is 0.191. The van der Waals surface area contributed by atoms with Gasteiger partial charge in [0.1, 0.15) is 5.82 Å². The van der Waals surface area contributed by atoms with Crippen molar-refractivity contribution in [2.75, 3.05) is 11.9 Å².